The van der Waals surface area contributed by atoms with E-state index in [0.29, 0.717) is 11.0 Å². The molecule has 20 heavy (non-hydrogen) atoms. The highest BCUT2D eigenvalue weighted by atomic mass is 32.1. The maximum Gasteiger partial charge on any atom is 0.264 e. The van der Waals surface area contributed by atoms with E-state index in [-0.39, 0.29) is 12.5 Å². The number of hydrogen-bond acceptors (Lipinski definition) is 4. The Bertz CT molecular complexity index is 580. The first-order chi connectivity index (χ1) is 9.56. The molecule has 0 fully saturated rings. The third-order valence-electron chi connectivity index (χ3n) is 2.92. The molecule has 0 aliphatic rings. The molecule has 0 atom stereocenters. The molecule has 0 saturated heterocycles. The SMILES string of the molecule is Cc1ccc(C(C)C)cc1OCC(=O)Nc1nccs1. The lowest BCUT2D eigenvalue weighted by Crippen LogP contribution is -2.20. The number of aromatic nitrogens is 1. The van der Waals surface area contributed by atoms with Crippen molar-refractivity contribution in [3.63, 3.8) is 0 Å². The second kappa shape index (κ2) is 6.52. The third kappa shape index (κ3) is 3.81. The number of anilines is 1. The maximum absolute atomic E-state index is 11.7. The van der Waals surface area contributed by atoms with Gasteiger partial charge in [-0.3, -0.25) is 10.1 Å². The number of rotatable bonds is 5. The van der Waals surface area contributed by atoms with Gasteiger partial charge < -0.3 is 4.74 Å². The fourth-order valence-electron chi connectivity index (χ4n) is 1.72. The zero-order chi connectivity index (χ0) is 14.5. The zero-order valence-electron chi connectivity index (χ0n) is 11.8. The van der Waals surface area contributed by atoms with Crippen molar-refractivity contribution in [2.24, 2.45) is 0 Å². The van der Waals surface area contributed by atoms with Gasteiger partial charge in [-0.15, -0.1) is 11.3 Å². The largest absolute Gasteiger partial charge is 0.483 e. The summed E-state index contributed by atoms with van der Waals surface area (Å²) in [6.07, 6.45) is 1.65. The van der Waals surface area contributed by atoms with Gasteiger partial charge in [-0.05, 0) is 30.0 Å². The molecule has 2 aromatic rings. The first kappa shape index (κ1) is 14.5. The molecule has 1 heterocycles. The highest BCUT2D eigenvalue weighted by Gasteiger charge is 2.08. The number of ether oxygens (including phenoxy) is 1. The van der Waals surface area contributed by atoms with E-state index < -0.39 is 0 Å². The van der Waals surface area contributed by atoms with Crippen LogP contribution in [0.15, 0.2) is 29.8 Å². The second-order valence-electron chi connectivity index (χ2n) is 4.85. The van der Waals surface area contributed by atoms with Gasteiger partial charge in [-0.1, -0.05) is 26.0 Å². The fraction of sp³-hybridized carbons (Fsp3) is 0.333. The Morgan fingerprint density at radius 1 is 1.45 bits per heavy atom. The van der Waals surface area contributed by atoms with Gasteiger partial charge in [-0.2, -0.15) is 0 Å². The minimum absolute atomic E-state index is 0.0119. The van der Waals surface area contributed by atoms with Crippen LogP contribution in [-0.4, -0.2) is 17.5 Å². The monoisotopic (exact) mass is 290 g/mol. The van der Waals surface area contributed by atoms with Crippen molar-refractivity contribution < 1.29 is 9.53 Å². The number of hydrogen-bond donors (Lipinski definition) is 1. The molecule has 5 heteroatoms. The molecule has 0 saturated carbocycles. The van der Waals surface area contributed by atoms with E-state index >= 15 is 0 Å². The highest BCUT2D eigenvalue weighted by Crippen LogP contribution is 2.24. The second-order valence-corrected chi connectivity index (χ2v) is 5.75. The fourth-order valence-corrected chi connectivity index (χ4v) is 2.26. The van der Waals surface area contributed by atoms with Crippen molar-refractivity contribution in [2.45, 2.75) is 26.7 Å². The summed E-state index contributed by atoms with van der Waals surface area (Å²) in [4.78, 5) is 15.7. The molecule has 106 valence electrons. The molecule has 1 aromatic heterocycles. The number of benzene rings is 1. The Hall–Kier alpha value is -1.88. The van der Waals surface area contributed by atoms with Crippen LogP contribution in [0, 0.1) is 6.92 Å². The van der Waals surface area contributed by atoms with Gasteiger partial charge in [0, 0.05) is 11.6 Å². The van der Waals surface area contributed by atoms with Crippen LogP contribution in [0.25, 0.3) is 0 Å². The van der Waals surface area contributed by atoms with Crippen molar-refractivity contribution in [1.82, 2.24) is 4.98 Å². The van der Waals surface area contributed by atoms with E-state index in [1.165, 1.54) is 16.9 Å². The predicted molar refractivity (Wildman–Crippen MR) is 81.5 cm³/mol. The standard InChI is InChI=1S/C15H18N2O2S/c1-10(2)12-5-4-11(3)13(8-12)19-9-14(18)17-15-16-6-7-20-15/h4-8,10H,9H2,1-3H3,(H,16,17,18). The zero-order valence-corrected chi connectivity index (χ0v) is 12.7. The van der Waals surface area contributed by atoms with E-state index in [1.807, 2.05) is 24.4 Å². The smallest absolute Gasteiger partial charge is 0.264 e. The number of amides is 1. The van der Waals surface area contributed by atoms with Crippen molar-refractivity contribution in [2.75, 3.05) is 11.9 Å². The normalized spacial score (nSPS) is 10.6. The van der Waals surface area contributed by atoms with Crippen LogP contribution in [0.2, 0.25) is 0 Å². The van der Waals surface area contributed by atoms with E-state index in [1.54, 1.807) is 6.20 Å². The number of carbonyl (C=O) groups excluding carboxylic acids is 1. The van der Waals surface area contributed by atoms with Gasteiger partial charge in [0.15, 0.2) is 11.7 Å². The van der Waals surface area contributed by atoms with Crippen LogP contribution < -0.4 is 10.1 Å². The van der Waals surface area contributed by atoms with Crippen LogP contribution in [0.4, 0.5) is 5.13 Å². The van der Waals surface area contributed by atoms with Crippen molar-refractivity contribution in [1.29, 1.82) is 0 Å². The van der Waals surface area contributed by atoms with Crippen LogP contribution in [0.3, 0.4) is 0 Å². The Labute approximate surface area is 122 Å². The van der Waals surface area contributed by atoms with Gasteiger partial charge in [0.25, 0.3) is 5.91 Å². The lowest BCUT2D eigenvalue weighted by molar-refractivity contribution is -0.118. The summed E-state index contributed by atoms with van der Waals surface area (Å²) in [6, 6.07) is 6.10. The van der Waals surface area contributed by atoms with Gasteiger partial charge >= 0.3 is 0 Å². The quantitative estimate of drug-likeness (QED) is 0.915. The van der Waals surface area contributed by atoms with E-state index in [0.717, 1.165) is 11.3 Å². The summed E-state index contributed by atoms with van der Waals surface area (Å²) >= 11 is 1.38. The van der Waals surface area contributed by atoms with Crippen LogP contribution >= 0.6 is 11.3 Å². The molecule has 0 bridgehead atoms. The average molecular weight is 290 g/mol. The minimum Gasteiger partial charge on any atom is -0.483 e. The Balaban J connectivity index is 1.96. The molecule has 4 nitrogen and oxygen atoms in total. The summed E-state index contributed by atoms with van der Waals surface area (Å²) < 4.78 is 5.60. The summed E-state index contributed by atoms with van der Waals surface area (Å²) in [5.74, 6) is 0.988. The van der Waals surface area contributed by atoms with Crippen molar-refractivity contribution in [3.8, 4) is 5.75 Å². The molecule has 0 spiro atoms. The summed E-state index contributed by atoms with van der Waals surface area (Å²) in [5, 5.41) is 5.09. The average Bonchev–Trinajstić information content (AvgIpc) is 2.90. The van der Waals surface area contributed by atoms with Crippen LogP contribution in [0.1, 0.15) is 30.9 Å². The molecular formula is C15H18N2O2S. The number of nitrogens with zero attached hydrogens (tertiary/aromatic N) is 1. The Kier molecular flexibility index (Phi) is 4.74. The maximum atomic E-state index is 11.7. The Morgan fingerprint density at radius 2 is 2.25 bits per heavy atom. The topological polar surface area (TPSA) is 51.2 Å². The van der Waals surface area contributed by atoms with Gasteiger partial charge in [-0.25, -0.2) is 4.98 Å². The molecule has 1 aromatic carbocycles. The molecule has 2 rings (SSSR count). The van der Waals surface area contributed by atoms with E-state index in [9.17, 15) is 4.79 Å². The number of aryl methyl sites for hydroxylation is 1. The molecular weight excluding hydrogens is 272 g/mol. The number of thiazole rings is 1. The molecule has 1 N–H and O–H groups in total. The van der Waals surface area contributed by atoms with Gasteiger partial charge in [0.1, 0.15) is 5.75 Å². The molecule has 0 radical (unpaired) electrons. The third-order valence-corrected chi connectivity index (χ3v) is 3.60. The number of carbonyl (C=O) groups is 1. The summed E-state index contributed by atoms with van der Waals surface area (Å²) in [7, 11) is 0. The van der Waals surface area contributed by atoms with E-state index in [4.69, 9.17) is 4.74 Å². The van der Waals surface area contributed by atoms with Crippen LogP contribution in [-0.2, 0) is 4.79 Å². The Morgan fingerprint density at radius 3 is 2.90 bits per heavy atom. The van der Waals surface area contributed by atoms with Crippen LogP contribution in [0.5, 0.6) is 5.75 Å². The minimum atomic E-state index is -0.200. The van der Waals surface area contributed by atoms with Crippen molar-refractivity contribution in [3.05, 3.63) is 40.9 Å². The lowest BCUT2D eigenvalue weighted by atomic mass is 10.0. The van der Waals surface area contributed by atoms with Gasteiger partial charge in [0.05, 0.1) is 0 Å². The van der Waals surface area contributed by atoms with Gasteiger partial charge in [0.2, 0.25) is 0 Å². The predicted octanol–water partition coefficient (Wildman–Crippen LogP) is 3.59. The molecule has 1 amide bonds. The highest BCUT2D eigenvalue weighted by molar-refractivity contribution is 7.13. The molecule has 0 aliphatic carbocycles. The summed E-state index contributed by atoms with van der Waals surface area (Å²) in [6.45, 7) is 6.22. The first-order valence-corrected chi connectivity index (χ1v) is 7.37. The van der Waals surface area contributed by atoms with Crippen molar-refractivity contribution >= 4 is 22.4 Å². The molecule has 0 aliphatic heterocycles. The number of nitrogens with one attached hydrogen (secondary N) is 1. The van der Waals surface area contributed by atoms with E-state index in [2.05, 4.69) is 30.2 Å². The summed E-state index contributed by atoms with van der Waals surface area (Å²) in [5.41, 5.74) is 2.22. The molecule has 0 unspecified atom stereocenters. The first-order valence-electron chi connectivity index (χ1n) is 6.49. The lowest BCUT2D eigenvalue weighted by Gasteiger charge is -2.12.